The van der Waals surface area contributed by atoms with Gasteiger partial charge in [0.1, 0.15) is 5.82 Å². The second-order valence-corrected chi connectivity index (χ2v) is 12.2. The smallest absolute Gasteiger partial charge is 0.326 e. The molecule has 4 aromatic rings. The number of piperidine rings is 1. The number of hydrogen-bond donors (Lipinski definition) is 2. The predicted octanol–water partition coefficient (Wildman–Crippen LogP) is 6.10. The molecule has 0 spiro atoms. The van der Waals surface area contributed by atoms with E-state index in [2.05, 4.69) is 19.9 Å². The number of aromatic nitrogens is 1. The van der Waals surface area contributed by atoms with Gasteiger partial charge in [-0.15, -0.1) is 0 Å². The van der Waals surface area contributed by atoms with Gasteiger partial charge in [-0.05, 0) is 66.9 Å². The molecule has 2 N–H and O–H groups in total. The number of anilines is 3. The van der Waals surface area contributed by atoms with Crippen molar-refractivity contribution in [1.82, 2.24) is 9.88 Å². The zero-order valence-corrected chi connectivity index (χ0v) is 25.3. The second kappa shape index (κ2) is 13.7. The molecule has 0 unspecified atom stereocenters. The second-order valence-electron chi connectivity index (χ2n) is 10.5. The number of rotatable bonds is 10. The number of halogens is 1. The number of pyridine rings is 1. The summed E-state index contributed by atoms with van der Waals surface area (Å²) in [6.07, 6.45) is 4.40. The summed E-state index contributed by atoms with van der Waals surface area (Å²) >= 11 is 0. The maximum Gasteiger partial charge on any atom is 0.326 e. The normalized spacial score (nSPS) is 14.1. The fourth-order valence-electron chi connectivity index (χ4n) is 5.10. The highest BCUT2D eigenvalue weighted by Crippen LogP contribution is 2.34. The molecule has 44 heavy (non-hydrogen) atoms. The molecule has 10 nitrogen and oxygen atoms in total. The van der Waals surface area contributed by atoms with E-state index in [0.717, 1.165) is 43.4 Å². The molecule has 1 saturated heterocycles. The SMILES string of the molecule is COc1cc(NS(C)(=O)=O)ccc1Oc1ccc(CN2CCC(N(C(=O)Nc3ccc(F)cc3)c3ccccc3)CC2)cn1. The topological polar surface area (TPSA) is 113 Å². The Labute approximate surface area is 256 Å². The number of carbonyl (C=O) groups excluding carboxylic acids is 1. The fourth-order valence-corrected chi connectivity index (χ4v) is 5.66. The van der Waals surface area contributed by atoms with Gasteiger partial charge in [0.05, 0.1) is 19.1 Å². The van der Waals surface area contributed by atoms with Crippen LogP contribution in [0.4, 0.5) is 26.2 Å². The van der Waals surface area contributed by atoms with Gasteiger partial charge in [-0.25, -0.2) is 22.6 Å². The third kappa shape index (κ3) is 8.23. The first-order chi connectivity index (χ1) is 21.2. The molecule has 1 aliphatic heterocycles. The number of ether oxygens (including phenoxy) is 2. The van der Waals surface area contributed by atoms with Crippen LogP contribution in [0.1, 0.15) is 18.4 Å². The summed E-state index contributed by atoms with van der Waals surface area (Å²) in [5.74, 6) is 0.785. The van der Waals surface area contributed by atoms with Crippen LogP contribution in [0.2, 0.25) is 0 Å². The number of likely N-dealkylation sites (tertiary alicyclic amines) is 1. The van der Waals surface area contributed by atoms with Gasteiger partial charge in [-0.1, -0.05) is 24.3 Å². The minimum atomic E-state index is -3.42. The molecule has 1 fully saturated rings. The lowest BCUT2D eigenvalue weighted by molar-refractivity contribution is 0.199. The number of amides is 2. The zero-order chi connectivity index (χ0) is 31.1. The van der Waals surface area contributed by atoms with E-state index >= 15 is 0 Å². The van der Waals surface area contributed by atoms with Gasteiger partial charge in [0.15, 0.2) is 11.5 Å². The lowest BCUT2D eigenvalue weighted by atomic mass is 10.0. The number of urea groups is 1. The van der Waals surface area contributed by atoms with Gasteiger partial charge in [0.25, 0.3) is 0 Å². The van der Waals surface area contributed by atoms with Crippen molar-refractivity contribution >= 4 is 33.1 Å². The van der Waals surface area contributed by atoms with Crippen molar-refractivity contribution in [1.29, 1.82) is 0 Å². The van der Waals surface area contributed by atoms with Crippen LogP contribution in [-0.2, 0) is 16.6 Å². The highest BCUT2D eigenvalue weighted by atomic mass is 32.2. The van der Waals surface area contributed by atoms with E-state index in [4.69, 9.17) is 9.47 Å². The summed E-state index contributed by atoms with van der Waals surface area (Å²) in [4.78, 5) is 22.0. The third-order valence-corrected chi connectivity index (χ3v) is 7.76. The maximum absolute atomic E-state index is 13.4. The van der Waals surface area contributed by atoms with Gasteiger partial charge in [-0.2, -0.15) is 0 Å². The number of carbonyl (C=O) groups is 1. The monoisotopic (exact) mass is 619 g/mol. The van der Waals surface area contributed by atoms with E-state index in [-0.39, 0.29) is 17.9 Å². The van der Waals surface area contributed by atoms with Crippen LogP contribution >= 0.6 is 0 Å². The molecular formula is C32H34FN5O5S. The van der Waals surface area contributed by atoms with Crippen LogP contribution in [0.25, 0.3) is 0 Å². The summed E-state index contributed by atoms with van der Waals surface area (Å²) < 4.78 is 50.1. The molecule has 0 aliphatic carbocycles. The van der Waals surface area contributed by atoms with E-state index in [1.165, 1.54) is 19.2 Å². The molecular weight excluding hydrogens is 585 g/mol. The summed E-state index contributed by atoms with van der Waals surface area (Å²) in [7, 11) is -1.95. The highest BCUT2D eigenvalue weighted by Gasteiger charge is 2.29. The molecule has 2 heterocycles. The van der Waals surface area contributed by atoms with Gasteiger partial charge in [-0.3, -0.25) is 14.5 Å². The van der Waals surface area contributed by atoms with Gasteiger partial charge in [0.2, 0.25) is 15.9 Å². The lowest BCUT2D eigenvalue weighted by Crippen LogP contribution is -2.49. The first-order valence-corrected chi connectivity index (χ1v) is 16.0. The molecule has 0 saturated carbocycles. The number of para-hydroxylation sites is 1. The number of methoxy groups -OCH3 is 1. The van der Waals surface area contributed by atoms with E-state index < -0.39 is 10.0 Å². The van der Waals surface area contributed by atoms with Crippen LogP contribution in [0.15, 0.2) is 91.1 Å². The average molecular weight is 620 g/mol. The molecule has 12 heteroatoms. The van der Waals surface area contributed by atoms with Gasteiger partial charge >= 0.3 is 6.03 Å². The van der Waals surface area contributed by atoms with E-state index in [1.54, 1.807) is 47.5 Å². The van der Waals surface area contributed by atoms with Crippen molar-refractivity contribution in [2.24, 2.45) is 0 Å². The molecule has 2 amide bonds. The quantitative estimate of drug-likeness (QED) is 0.221. The Morgan fingerprint density at radius 3 is 2.32 bits per heavy atom. The van der Waals surface area contributed by atoms with Crippen molar-refractivity contribution in [3.63, 3.8) is 0 Å². The van der Waals surface area contributed by atoms with Crippen molar-refractivity contribution < 1.29 is 27.1 Å². The summed E-state index contributed by atoms with van der Waals surface area (Å²) in [6.45, 7) is 2.28. The Morgan fingerprint density at radius 1 is 0.977 bits per heavy atom. The van der Waals surface area contributed by atoms with Crippen molar-refractivity contribution in [3.8, 4) is 17.4 Å². The Bertz CT molecular complexity index is 1660. The Kier molecular flexibility index (Phi) is 9.61. The van der Waals surface area contributed by atoms with E-state index in [1.807, 2.05) is 36.4 Å². The maximum atomic E-state index is 13.4. The first-order valence-electron chi connectivity index (χ1n) is 14.1. The minimum absolute atomic E-state index is 0.00278. The molecule has 1 aliphatic rings. The molecule has 0 bridgehead atoms. The van der Waals surface area contributed by atoms with Crippen LogP contribution in [-0.4, -0.2) is 56.8 Å². The summed E-state index contributed by atoms with van der Waals surface area (Å²) in [6, 6.07) is 23.5. The zero-order valence-electron chi connectivity index (χ0n) is 24.4. The van der Waals surface area contributed by atoms with Crippen molar-refractivity contribution in [3.05, 3.63) is 103 Å². The third-order valence-electron chi connectivity index (χ3n) is 7.16. The molecule has 0 radical (unpaired) electrons. The van der Waals surface area contributed by atoms with Crippen LogP contribution in [0.5, 0.6) is 17.4 Å². The largest absolute Gasteiger partial charge is 0.493 e. The van der Waals surface area contributed by atoms with Crippen LogP contribution in [0, 0.1) is 5.82 Å². The number of nitrogens with one attached hydrogen (secondary N) is 2. The number of nitrogens with zero attached hydrogens (tertiary/aromatic N) is 3. The van der Waals surface area contributed by atoms with Crippen molar-refractivity contribution in [2.45, 2.75) is 25.4 Å². The molecule has 0 atom stereocenters. The Hall–Kier alpha value is -4.68. The van der Waals surface area contributed by atoms with Gasteiger partial charge in [0, 0.05) is 55.4 Å². The molecule has 230 valence electrons. The fraction of sp³-hybridized carbons (Fsp3) is 0.250. The van der Waals surface area contributed by atoms with Gasteiger partial charge < -0.3 is 14.8 Å². The highest BCUT2D eigenvalue weighted by molar-refractivity contribution is 7.92. The Morgan fingerprint density at radius 2 is 1.68 bits per heavy atom. The first kappa shape index (κ1) is 30.8. The molecule has 1 aromatic heterocycles. The predicted molar refractivity (Wildman–Crippen MR) is 168 cm³/mol. The van der Waals surface area contributed by atoms with Crippen LogP contribution in [0.3, 0.4) is 0 Å². The minimum Gasteiger partial charge on any atom is -0.493 e. The van der Waals surface area contributed by atoms with E-state index in [0.29, 0.717) is 35.3 Å². The number of benzene rings is 3. The Balaban J connectivity index is 1.18. The number of hydrogen-bond acceptors (Lipinski definition) is 7. The van der Waals surface area contributed by atoms with E-state index in [9.17, 15) is 17.6 Å². The molecule has 3 aromatic carbocycles. The number of sulfonamides is 1. The summed E-state index contributed by atoms with van der Waals surface area (Å²) in [5, 5.41) is 2.91. The van der Waals surface area contributed by atoms with Crippen LogP contribution < -0.4 is 24.4 Å². The molecule has 5 rings (SSSR count). The lowest BCUT2D eigenvalue weighted by Gasteiger charge is -2.38. The standard InChI is InChI=1S/C32H34FN5O5S/c1-42-30-20-26(36-44(2,40)41)13-14-29(30)43-31-15-8-23(21-34-31)22-37-18-16-28(17-19-37)38(27-6-4-3-5-7-27)32(39)35-25-11-9-24(33)10-12-25/h3-15,20-21,28,36H,16-19,22H2,1-2H3,(H,35,39). The average Bonchev–Trinajstić information content (AvgIpc) is 3.01. The van der Waals surface area contributed by atoms with Crippen molar-refractivity contribution in [2.75, 3.05) is 41.4 Å². The summed E-state index contributed by atoms with van der Waals surface area (Å²) in [5.41, 5.74) is 2.73.